The van der Waals surface area contributed by atoms with Crippen LogP contribution < -0.4 is 19.5 Å². The number of methoxy groups -OCH3 is 3. The van der Waals surface area contributed by atoms with Crippen LogP contribution in [0.15, 0.2) is 72.9 Å². The molecule has 0 aliphatic heterocycles. The molecular formula is C26H26N2O4. The van der Waals surface area contributed by atoms with Gasteiger partial charge in [0, 0.05) is 29.6 Å². The van der Waals surface area contributed by atoms with E-state index < -0.39 is 0 Å². The number of para-hydroxylation sites is 2. The molecule has 0 radical (unpaired) electrons. The zero-order chi connectivity index (χ0) is 22.5. The maximum Gasteiger partial charge on any atom is 0.255 e. The highest BCUT2D eigenvalue weighted by Crippen LogP contribution is 2.33. The van der Waals surface area contributed by atoms with Gasteiger partial charge in [-0.05, 0) is 41.5 Å². The molecule has 1 amide bonds. The molecule has 6 heteroatoms. The zero-order valence-electron chi connectivity index (χ0n) is 18.3. The van der Waals surface area contributed by atoms with Crippen LogP contribution in [0.4, 0.5) is 0 Å². The van der Waals surface area contributed by atoms with Gasteiger partial charge in [0.15, 0.2) is 11.5 Å². The van der Waals surface area contributed by atoms with Gasteiger partial charge in [0.2, 0.25) is 0 Å². The minimum atomic E-state index is -0.223. The highest BCUT2D eigenvalue weighted by atomic mass is 16.5. The van der Waals surface area contributed by atoms with E-state index in [0.717, 1.165) is 27.8 Å². The van der Waals surface area contributed by atoms with Gasteiger partial charge in [-0.3, -0.25) is 4.79 Å². The number of H-pyrrole nitrogens is 1. The monoisotopic (exact) mass is 430 g/mol. The molecule has 2 N–H and O–H groups in total. The summed E-state index contributed by atoms with van der Waals surface area (Å²) in [6.45, 7) is 0.410. The summed E-state index contributed by atoms with van der Waals surface area (Å²) in [6.07, 6.45) is 2.01. The summed E-state index contributed by atoms with van der Waals surface area (Å²) in [6, 6.07) is 21.4. The third-order valence-electron chi connectivity index (χ3n) is 5.63. The van der Waals surface area contributed by atoms with Crippen molar-refractivity contribution in [2.75, 3.05) is 27.9 Å². The molecule has 0 spiro atoms. The Morgan fingerprint density at radius 2 is 1.69 bits per heavy atom. The van der Waals surface area contributed by atoms with Crippen LogP contribution >= 0.6 is 0 Å². The van der Waals surface area contributed by atoms with E-state index in [9.17, 15) is 4.79 Å². The van der Waals surface area contributed by atoms with Gasteiger partial charge in [-0.25, -0.2) is 0 Å². The highest BCUT2D eigenvalue weighted by Gasteiger charge is 2.21. The Morgan fingerprint density at radius 3 is 2.41 bits per heavy atom. The molecule has 6 nitrogen and oxygen atoms in total. The minimum absolute atomic E-state index is 0.0578. The molecule has 0 bridgehead atoms. The summed E-state index contributed by atoms with van der Waals surface area (Å²) >= 11 is 0. The second-order valence-electron chi connectivity index (χ2n) is 7.37. The Labute approximate surface area is 187 Å². The SMILES string of the molecule is COc1ccc(C(CNC(=O)c2cccc(OC)c2OC)c2c[nH]c3ccccc23)cc1. The summed E-state index contributed by atoms with van der Waals surface area (Å²) < 4.78 is 16.1. The number of carbonyl (C=O) groups is 1. The van der Waals surface area contributed by atoms with Gasteiger partial charge in [-0.15, -0.1) is 0 Å². The maximum absolute atomic E-state index is 13.1. The highest BCUT2D eigenvalue weighted by molar-refractivity contribution is 5.98. The molecule has 164 valence electrons. The summed E-state index contributed by atoms with van der Waals surface area (Å²) in [5.74, 6) is 1.44. The number of fused-ring (bicyclic) bond motifs is 1. The van der Waals surface area contributed by atoms with Crippen molar-refractivity contribution in [1.82, 2.24) is 10.3 Å². The molecule has 0 aliphatic carbocycles. The fourth-order valence-corrected chi connectivity index (χ4v) is 3.98. The third-order valence-corrected chi connectivity index (χ3v) is 5.63. The van der Waals surface area contributed by atoms with Crippen LogP contribution in [-0.4, -0.2) is 38.8 Å². The van der Waals surface area contributed by atoms with Gasteiger partial charge in [0.05, 0.1) is 26.9 Å². The molecule has 1 atom stereocenters. The van der Waals surface area contributed by atoms with E-state index in [1.54, 1.807) is 32.4 Å². The van der Waals surface area contributed by atoms with E-state index in [-0.39, 0.29) is 11.8 Å². The minimum Gasteiger partial charge on any atom is -0.497 e. The average molecular weight is 431 g/mol. The largest absolute Gasteiger partial charge is 0.497 e. The molecule has 4 rings (SSSR count). The van der Waals surface area contributed by atoms with Crippen LogP contribution in [0.3, 0.4) is 0 Å². The number of amides is 1. The van der Waals surface area contributed by atoms with Crippen LogP contribution in [0.2, 0.25) is 0 Å². The van der Waals surface area contributed by atoms with Crippen LogP contribution in [0.1, 0.15) is 27.4 Å². The Kier molecular flexibility index (Phi) is 6.31. The van der Waals surface area contributed by atoms with E-state index >= 15 is 0 Å². The predicted molar refractivity (Wildman–Crippen MR) is 125 cm³/mol. The molecule has 3 aromatic carbocycles. The number of benzene rings is 3. The van der Waals surface area contributed by atoms with Crippen molar-refractivity contribution < 1.29 is 19.0 Å². The van der Waals surface area contributed by atoms with Crippen molar-refractivity contribution in [1.29, 1.82) is 0 Å². The quantitative estimate of drug-likeness (QED) is 0.423. The fourth-order valence-electron chi connectivity index (χ4n) is 3.98. The third kappa shape index (κ3) is 4.12. The van der Waals surface area contributed by atoms with E-state index in [1.807, 2.05) is 48.7 Å². The molecule has 1 heterocycles. The molecule has 0 fully saturated rings. The standard InChI is InChI=1S/C26H26N2O4/c1-30-18-13-11-17(12-14-18)21(22-16-27-23-9-5-4-7-19(22)23)15-28-26(29)20-8-6-10-24(31-2)25(20)32-3/h4-14,16,21,27H,15H2,1-3H3,(H,28,29). The Morgan fingerprint density at radius 1 is 0.906 bits per heavy atom. The molecule has 0 aliphatic rings. The van der Waals surface area contributed by atoms with E-state index in [4.69, 9.17) is 14.2 Å². The number of aromatic amines is 1. The van der Waals surface area contributed by atoms with Gasteiger partial charge >= 0.3 is 0 Å². The van der Waals surface area contributed by atoms with Crippen molar-refractivity contribution in [3.8, 4) is 17.2 Å². The number of ether oxygens (including phenoxy) is 3. The van der Waals surface area contributed by atoms with Crippen molar-refractivity contribution in [3.05, 3.63) is 89.6 Å². The molecule has 0 saturated carbocycles. The first-order valence-electron chi connectivity index (χ1n) is 10.4. The number of aromatic nitrogens is 1. The first-order chi connectivity index (χ1) is 15.7. The van der Waals surface area contributed by atoms with Crippen molar-refractivity contribution in [3.63, 3.8) is 0 Å². The summed E-state index contributed by atoms with van der Waals surface area (Å²) in [7, 11) is 4.73. The average Bonchev–Trinajstić information content (AvgIpc) is 3.27. The number of hydrogen-bond donors (Lipinski definition) is 2. The Bertz CT molecular complexity index is 1210. The lowest BCUT2D eigenvalue weighted by Crippen LogP contribution is -2.29. The van der Waals surface area contributed by atoms with Gasteiger partial charge < -0.3 is 24.5 Å². The van der Waals surface area contributed by atoms with Gasteiger partial charge in [-0.2, -0.15) is 0 Å². The van der Waals surface area contributed by atoms with Crippen molar-refractivity contribution in [2.45, 2.75) is 5.92 Å². The number of rotatable bonds is 8. The first-order valence-corrected chi connectivity index (χ1v) is 10.4. The van der Waals surface area contributed by atoms with E-state index in [1.165, 1.54) is 7.11 Å². The molecule has 4 aromatic rings. The van der Waals surface area contributed by atoms with E-state index in [0.29, 0.717) is 23.6 Å². The van der Waals surface area contributed by atoms with Crippen LogP contribution in [0.25, 0.3) is 10.9 Å². The summed E-state index contributed by atoms with van der Waals surface area (Å²) in [5.41, 5.74) is 3.68. The first kappa shape index (κ1) is 21.3. The van der Waals surface area contributed by atoms with E-state index in [2.05, 4.69) is 16.4 Å². The number of hydrogen-bond acceptors (Lipinski definition) is 4. The van der Waals surface area contributed by atoms with Crippen LogP contribution in [-0.2, 0) is 0 Å². The van der Waals surface area contributed by atoms with Crippen LogP contribution in [0.5, 0.6) is 17.2 Å². The lowest BCUT2D eigenvalue weighted by atomic mass is 9.90. The second kappa shape index (κ2) is 9.47. The van der Waals surface area contributed by atoms with Gasteiger partial charge in [-0.1, -0.05) is 36.4 Å². The smallest absolute Gasteiger partial charge is 0.255 e. The second-order valence-corrected chi connectivity index (χ2v) is 7.37. The van der Waals surface area contributed by atoms with Crippen molar-refractivity contribution in [2.24, 2.45) is 0 Å². The topological polar surface area (TPSA) is 72.6 Å². The predicted octanol–water partition coefficient (Wildman–Crippen LogP) is 4.76. The molecule has 0 saturated heterocycles. The molecule has 1 aromatic heterocycles. The fraction of sp³-hybridized carbons (Fsp3) is 0.192. The van der Waals surface area contributed by atoms with Crippen LogP contribution in [0, 0.1) is 0 Å². The van der Waals surface area contributed by atoms with Crippen molar-refractivity contribution >= 4 is 16.8 Å². The summed E-state index contributed by atoms with van der Waals surface area (Å²) in [5, 5.41) is 4.21. The zero-order valence-corrected chi connectivity index (χ0v) is 18.3. The molecule has 1 unspecified atom stereocenters. The Hall–Kier alpha value is -3.93. The lowest BCUT2D eigenvalue weighted by Gasteiger charge is -2.19. The van der Waals surface area contributed by atoms with Gasteiger partial charge in [0.1, 0.15) is 5.75 Å². The summed E-state index contributed by atoms with van der Waals surface area (Å²) in [4.78, 5) is 16.4. The normalized spacial score (nSPS) is 11.7. The molecule has 32 heavy (non-hydrogen) atoms. The van der Waals surface area contributed by atoms with Gasteiger partial charge in [0.25, 0.3) is 5.91 Å². The Balaban J connectivity index is 1.66. The number of nitrogens with one attached hydrogen (secondary N) is 2. The maximum atomic E-state index is 13.1. The molecular weight excluding hydrogens is 404 g/mol. The lowest BCUT2D eigenvalue weighted by molar-refractivity contribution is 0.0948. The number of carbonyl (C=O) groups excluding carboxylic acids is 1.